The van der Waals surface area contributed by atoms with Crippen LogP contribution in [0.25, 0.3) is 0 Å². The SMILES string of the molecule is CCCCC=C[C@H](O)c1ccc(C(F)(F)F)cc1. The molecule has 0 unspecified atom stereocenters. The third kappa shape index (κ3) is 4.53. The van der Waals surface area contributed by atoms with Crippen LogP contribution in [-0.2, 0) is 6.18 Å². The zero-order valence-electron chi connectivity index (χ0n) is 10.2. The summed E-state index contributed by atoms with van der Waals surface area (Å²) in [5.74, 6) is 0. The Morgan fingerprint density at radius 2 is 1.83 bits per heavy atom. The average Bonchev–Trinajstić information content (AvgIpc) is 2.33. The first-order valence-corrected chi connectivity index (χ1v) is 5.97. The van der Waals surface area contributed by atoms with Crippen LogP contribution in [0.1, 0.15) is 43.4 Å². The number of aliphatic hydroxyl groups is 1. The predicted molar refractivity (Wildman–Crippen MR) is 65.1 cm³/mol. The van der Waals surface area contributed by atoms with Crippen molar-refractivity contribution in [1.29, 1.82) is 0 Å². The van der Waals surface area contributed by atoms with Crippen molar-refractivity contribution < 1.29 is 18.3 Å². The summed E-state index contributed by atoms with van der Waals surface area (Å²) in [4.78, 5) is 0. The third-order valence-electron chi connectivity index (χ3n) is 2.62. The van der Waals surface area contributed by atoms with Crippen LogP contribution in [0.3, 0.4) is 0 Å². The minimum Gasteiger partial charge on any atom is -0.384 e. The molecule has 0 aromatic heterocycles. The van der Waals surface area contributed by atoms with Gasteiger partial charge in [0.2, 0.25) is 0 Å². The summed E-state index contributed by atoms with van der Waals surface area (Å²) >= 11 is 0. The molecule has 4 heteroatoms. The molecule has 0 saturated carbocycles. The molecule has 1 aromatic rings. The number of halogens is 3. The number of hydrogen-bond donors (Lipinski definition) is 1. The predicted octanol–water partition coefficient (Wildman–Crippen LogP) is 4.49. The van der Waals surface area contributed by atoms with Crippen LogP contribution < -0.4 is 0 Å². The first-order chi connectivity index (χ1) is 8.45. The van der Waals surface area contributed by atoms with Crippen LogP contribution in [0.5, 0.6) is 0 Å². The van der Waals surface area contributed by atoms with Crippen LogP contribution in [0, 0.1) is 0 Å². The molecule has 100 valence electrons. The van der Waals surface area contributed by atoms with Gasteiger partial charge in [-0.05, 0) is 24.1 Å². The van der Waals surface area contributed by atoms with Crippen LogP contribution in [-0.4, -0.2) is 5.11 Å². The topological polar surface area (TPSA) is 20.2 Å². The van der Waals surface area contributed by atoms with Gasteiger partial charge in [0.05, 0.1) is 11.7 Å². The number of allylic oxidation sites excluding steroid dienone is 1. The van der Waals surface area contributed by atoms with Gasteiger partial charge in [0.15, 0.2) is 0 Å². The molecule has 1 atom stereocenters. The second-order valence-electron chi connectivity index (χ2n) is 4.13. The van der Waals surface area contributed by atoms with Crippen molar-refractivity contribution in [3.63, 3.8) is 0 Å². The molecule has 0 bridgehead atoms. The van der Waals surface area contributed by atoms with Crippen molar-refractivity contribution in [1.82, 2.24) is 0 Å². The van der Waals surface area contributed by atoms with E-state index in [0.717, 1.165) is 31.4 Å². The second-order valence-corrected chi connectivity index (χ2v) is 4.13. The van der Waals surface area contributed by atoms with Crippen molar-refractivity contribution in [2.24, 2.45) is 0 Å². The summed E-state index contributed by atoms with van der Waals surface area (Å²) in [6, 6.07) is 4.58. The monoisotopic (exact) mass is 258 g/mol. The number of hydrogen-bond acceptors (Lipinski definition) is 1. The van der Waals surface area contributed by atoms with E-state index in [0.29, 0.717) is 5.56 Å². The Bertz CT molecular complexity index is 379. The Kier molecular flexibility index (Phi) is 5.41. The molecular formula is C14H17F3O. The van der Waals surface area contributed by atoms with Crippen molar-refractivity contribution >= 4 is 0 Å². The second kappa shape index (κ2) is 6.59. The molecule has 1 rings (SSSR count). The maximum absolute atomic E-state index is 12.3. The highest BCUT2D eigenvalue weighted by atomic mass is 19.4. The molecule has 0 fully saturated rings. The van der Waals surface area contributed by atoms with E-state index in [1.165, 1.54) is 12.1 Å². The first kappa shape index (κ1) is 14.8. The number of alkyl halides is 3. The van der Waals surface area contributed by atoms with Crippen molar-refractivity contribution in [2.45, 2.75) is 38.5 Å². The van der Waals surface area contributed by atoms with Crippen LogP contribution in [0.4, 0.5) is 13.2 Å². The lowest BCUT2D eigenvalue weighted by Crippen LogP contribution is -2.05. The Morgan fingerprint density at radius 1 is 1.22 bits per heavy atom. The minimum absolute atomic E-state index is 0.468. The highest BCUT2D eigenvalue weighted by Crippen LogP contribution is 2.30. The van der Waals surface area contributed by atoms with Gasteiger partial charge in [-0.25, -0.2) is 0 Å². The number of unbranched alkanes of at least 4 members (excludes halogenated alkanes) is 2. The van der Waals surface area contributed by atoms with Gasteiger partial charge >= 0.3 is 6.18 Å². The van der Waals surface area contributed by atoms with Gasteiger partial charge in [-0.1, -0.05) is 44.1 Å². The maximum Gasteiger partial charge on any atom is 0.416 e. The zero-order chi connectivity index (χ0) is 13.6. The van der Waals surface area contributed by atoms with Gasteiger partial charge < -0.3 is 5.11 Å². The minimum atomic E-state index is -4.33. The number of rotatable bonds is 5. The summed E-state index contributed by atoms with van der Waals surface area (Å²) in [6.07, 6.45) is 1.26. The maximum atomic E-state index is 12.3. The van der Waals surface area contributed by atoms with Gasteiger partial charge in [-0.3, -0.25) is 0 Å². The van der Waals surface area contributed by atoms with E-state index in [4.69, 9.17) is 0 Å². The summed E-state index contributed by atoms with van der Waals surface area (Å²) < 4.78 is 37.0. The van der Waals surface area contributed by atoms with E-state index in [9.17, 15) is 18.3 Å². The Labute approximate surface area is 105 Å². The highest BCUT2D eigenvalue weighted by molar-refractivity contribution is 5.27. The molecule has 0 spiro atoms. The van der Waals surface area contributed by atoms with Gasteiger partial charge in [0.25, 0.3) is 0 Å². The molecule has 0 aliphatic heterocycles. The van der Waals surface area contributed by atoms with Crippen LogP contribution in [0.15, 0.2) is 36.4 Å². The molecule has 1 N–H and O–H groups in total. The number of benzene rings is 1. The molecule has 1 nitrogen and oxygen atoms in total. The normalized spacial score (nSPS) is 14.1. The molecule has 1 aromatic carbocycles. The Balaban J connectivity index is 2.64. The van der Waals surface area contributed by atoms with Gasteiger partial charge in [0, 0.05) is 0 Å². The molecule has 0 heterocycles. The summed E-state index contributed by atoms with van der Waals surface area (Å²) in [7, 11) is 0. The zero-order valence-corrected chi connectivity index (χ0v) is 10.2. The average molecular weight is 258 g/mol. The molecule has 18 heavy (non-hydrogen) atoms. The lowest BCUT2D eigenvalue weighted by atomic mass is 10.1. The molecule has 0 aliphatic carbocycles. The quantitative estimate of drug-likeness (QED) is 0.609. The lowest BCUT2D eigenvalue weighted by molar-refractivity contribution is -0.137. The highest BCUT2D eigenvalue weighted by Gasteiger charge is 2.30. The Morgan fingerprint density at radius 3 is 2.33 bits per heavy atom. The fourth-order valence-corrected chi connectivity index (χ4v) is 1.53. The van der Waals surface area contributed by atoms with E-state index >= 15 is 0 Å². The third-order valence-corrected chi connectivity index (χ3v) is 2.62. The smallest absolute Gasteiger partial charge is 0.384 e. The van der Waals surface area contributed by atoms with E-state index in [2.05, 4.69) is 6.92 Å². The van der Waals surface area contributed by atoms with Gasteiger partial charge in [-0.15, -0.1) is 0 Å². The first-order valence-electron chi connectivity index (χ1n) is 5.97. The molecule has 0 radical (unpaired) electrons. The van der Waals surface area contributed by atoms with Crippen molar-refractivity contribution in [3.05, 3.63) is 47.5 Å². The fourth-order valence-electron chi connectivity index (χ4n) is 1.53. The van der Waals surface area contributed by atoms with Crippen molar-refractivity contribution in [3.8, 4) is 0 Å². The van der Waals surface area contributed by atoms with Crippen molar-refractivity contribution in [2.75, 3.05) is 0 Å². The fraction of sp³-hybridized carbons (Fsp3) is 0.429. The summed E-state index contributed by atoms with van der Waals surface area (Å²) in [6.45, 7) is 2.07. The molecule has 0 saturated heterocycles. The van der Waals surface area contributed by atoms with E-state index in [-0.39, 0.29) is 0 Å². The van der Waals surface area contributed by atoms with E-state index in [1.807, 2.05) is 6.08 Å². The largest absolute Gasteiger partial charge is 0.416 e. The molecule has 0 amide bonds. The van der Waals surface area contributed by atoms with Crippen LogP contribution >= 0.6 is 0 Å². The molecular weight excluding hydrogens is 241 g/mol. The summed E-state index contributed by atoms with van der Waals surface area (Å²) in [5, 5.41) is 9.75. The Hall–Kier alpha value is -1.29. The lowest BCUT2D eigenvalue weighted by Gasteiger charge is -2.09. The van der Waals surface area contributed by atoms with Crippen LogP contribution in [0.2, 0.25) is 0 Å². The van der Waals surface area contributed by atoms with E-state index in [1.54, 1.807) is 6.08 Å². The molecule has 0 aliphatic rings. The van der Waals surface area contributed by atoms with Gasteiger partial charge in [0.1, 0.15) is 0 Å². The van der Waals surface area contributed by atoms with E-state index < -0.39 is 17.8 Å². The number of aliphatic hydroxyl groups excluding tert-OH is 1. The van der Waals surface area contributed by atoms with Gasteiger partial charge in [-0.2, -0.15) is 13.2 Å². The summed E-state index contributed by atoms with van der Waals surface area (Å²) in [5.41, 5.74) is -0.232. The standard InChI is InChI=1S/C14H17F3O/c1-2-3-4-5-6-13(18)11-7-9-12(10-8-11)14(15,16)17/h5-10,13,18H,2-4H2,1H3/t13-/m0/s1.